The first-order valence-corrected chi connectivity index (χ1v) is 7.11. The quantitative estimate of drug-likeness (QED) is 0.854. The summed E-state index contributed by atoms with van der Waals surface area (Å²) in [4.78, 5) is 10.7. The highest BCUT2D eigenvalue weighted by atomic mass is 16.1. The minimum Gasteiger partial charge on any atom is -0.370 e. The predicted molar refractivity (Wildman–Crippen MR) is 75.6 cm³/mol. The molecule has 1 aliphatic rings. The smallest absolute Gasteiger partial charge is 0.219 e. The normalized spacial score (nSPS) is 27.2. The lowest BCUT2D eigenvalue weighted by atomic mass is 9.80. The molecule has 0 saturated heterocycles. The summed E-state index contributed by atoms with van der Waals surface area (Å²) in [5, 5.41) is 7.93. The molecule has 3 N–H and O–H groups in total. The summed E-state index contributed by atoms with van der Waals surface area (Å²) in [6.45, 7) is 5.18. The minimum absolute atomic E-state index is 0.292. The van der Waals surface area contributed by atoms with E-state index in [1.807, 2.05) is 12.3 Å². The summed E-state index contributed by atoms with van der Waals surface area (Å²) in [5.41, 5.74) is 5.13. The second-order valence-electron chi connectivity index (χ2n) is 5.94. The number of aromatic nitrogens is 2. The van der Waals surface area contributed by atoms with Gasteiger partial charge in [-0.1, -0.05) is 13.8 Å². The molecule has 1 heterocycles. The van der Waals surface area contributed by atoms with Crippen LogP contribution in [-0.4, -0.2) is 21.7 Å². The molecule has 0 spiro atoms. The van der Waals surface area contributed by atoms with E-state index in [4.69, 9.17) is 5.73 Å². The van der Waals surface area contributed by atoms with Crippen LogP contribution >= 0.6 is 0 Å². The summed E-state index contributed by atoms with van der Waals surface area (Å²) >= 11 is 0. The van der Waals surface area contributed by atoms with Gasteiger partial charge in [-0.15, -0.1) is 0 Å². The summed E-state index contributed by atoms with van der Waals surface area (Å²) in [6, 6.07) is 2.48. The van der Waals surface area contributed by atoms with Crippen LogP contribution in [0, 0.1) is 11.8 Å². The number of rotatable bonds is 5. The number of amides is 1. The van der Waals surface area contributed by atoms with Crippen molar-refractivity contribution in [2.24, 2.45) is 17.6 Å². The Morgan fingerprint density at radius 1 is 1.42 bits per heavy atom. The van der Waals surface area contributed by atoms with Gasteiger partial charge >= 0.3 is 0 Å². The van der Waals surface area contributed by atoms with Crippen LogP contribution in [0.4, 0.5) is 5.82 Å². The Kier molecular flexibility index (Phi) is 4.45. The van der Waals surface area contributed by atoms with Crippen molar-refractivity contribution in [3.63, 3.8) is 0 Å². The Balaban J connectivity index is 1.87. The summed E-state index contributed by atoms with van der Waals surface area (Å²) < 4.78 is 1.77. The first-order chi connectivity index (χ1) is 9.02. The van der Waals surface area contributed by atoms with Gasteiger partial charge in [-0.25, -0.2) is 0 Å². The van der Waals surface area contributed by atoms with Crippen molar-refractivity contribution in [3.8, 4) is 0 Å². The molecule has 1 unspecified atom stereocenters. The molecule has 5 nitrogen and oxygen atoms in total. The van der Waals surface area contributed by atoms with E-state index in [0.29, 0.717) is 19.0 Å². The molecule has 3 atom stereocenters. The van der Waals surface area contributed by atoms with Crippen molar-refractivity contribution < 1.29 is 4.79 Å². The lowest BCUT2D eigenvalue weighted by Gasteiger charge is -2.31. The van der Waals surface area contributed by atoms with Gasteiger partial charge in [-0.05, 0) is 31.1 Å². The van der Waals surface area contributed by atoms with Gasteiger partial charge in [-0.2, -0.15) is 5.10 Å². The molecule has 1 aromatic rings. The number of carbonyl (C=O) groups excluding carboxylic acids is 1. The van der Waals surface area contributed by atoms with Crippen molar-refractivity contribution in [1.29, 1.82) is 0 Å². The maximum atomic E-state index is 10.7. The van der Waals surface area contributed by atoms with E-state index in [9.17, 15) is 4.79 Å². The van der Waals surface area contributed by atoms with Crippen molar-refractivity contribution in [3.05, 3.63) is 12.3 Å². The topological polar surface area (TPSA) is 72.9 Å². The van der Waals surface area contributed by atoms with Crippen LogP contribution in [0.2, 0.25) is 0 Å². The largest absolute Gasteiger partial charge is 0.370 e. The van der Waals surface area contributed by atoms with Crippen LogP contribution in [0.5, 0.6) is 0 Å². The third-order valence-electron chi connectivity index (χ3n) is 3.76. The van der Waals surface area contributed by atoms with E-state index in [2.05, 4.69) is 24.3 Å². The zero-order valence-corrected chi connectivity index (χ0v) is 11.8. The number of nitrogens with one attached hydrogen (secondary N) is 1. The molecule has 0 aliphatic heterocycles. The number of carbonyl (C=O) groups is 1. The Morgan fingerprint density at radius 3 is 2.74 bits per heavy atom. The molecule has 0 bridgehead atoms. The molecule has 5 heteroatoms. The molecule has 0 radical (unpaired) electrons. The third-order valence-corrected chi connectivity index (χ3v) is 3.76. The molecule has 1 aromatic heterocycles. The van der Waals surface area contributed by atoms with Crippen molar-refractivity contribution in [2.45, 2.75) is 52.1 Å². The van der Waals surface area contributed by atoms with Crippen molar-refractivity contribution >= 4 is 11.7 Å². The van der Waals surface area contributed by atoms with Crippen LogP contribution in [0.3, 0.4) is 0 Å². The molecule has 2 rings (SSSR count). The standard InChI is InChI=1S/C14H24N4O/c1-10-7-11(2)9-12(8-10)16-14-4-6-18(17-14)5-3-13(15)19/h4,6,10-12H,3,5,7-9H2,1-2H3,(H2,15,19)(H,16,17)/t10-,11+,12?. The minimum atomic E-state index is -0.292. The highest BCUT2D eigenvalue weighted by molar-refractivity contribution is 5.73. The number of nitrogens with two attached hydrogens (primary N) is 1. The molecular weight excluding hydrogens is 240 g/mol. The summed E-state index contributed by atoms with van der Waals surface area (Å²) in [7, 11) is 0. The molecule has 1 aliphatic carbocycles. The number of aryl methyl sites for hydroxylation is 1. The van der Waals surface area contributed by atoms with E-state index >= 15 is 0 Å². The number of nitrogens with zero attached hydrogens (tertiary/aromatic N) is 2. The Hall–Kier alpha value is -1.52. The molecular formula is C14H24N4O. The van der Waals surface area contributed by atoms with Gasteiger partial charge in [0, 0.05) is 31.3 Å². The average Bonchev–Trinajstić information content (AvgIpc) is 2.72. The Morgan fingerprint density at radius 2 is 2.11 bits per heavy atom. The van der Waals surface area contributed by atoms with Gasteiger partial charge in [0.15, 0.2) is 0 Å². The molecule has 1 amide bonds. The average molecular weight is 264 g/mol. The summed E-state index contributed by atoms with van der Waals surface area (Å²) in [5.74, 6) is 2.16. The van der Waals surface area contributed by atoms with Gasteiger partial charge < -0.3 is 11.1 Å². The SMILES string of the molecule is C[C@@H]1CC(Nc2ccn(CCC(N)=O)n2)C[C@H](C)C1. The van der Waals surface area contributed by atoms with Gasteiger partial charge in [0.1, 0.15) is 5.82 Å². The fourth-order valence-corrected chi connectivity index (χ4v) is 3.06. The zero-order chi connectivity index (χ0) is 13.8. The lowest BCUT2D eigenvalue weighted by Crippen LogP contribution is -2.30. The second kappa shape index (κ2) is 6.08. The molecule has 1 saturated carbocycles. The fraction of sp³-hybridized carbons (Fsp3) is 0.714. The highest BCUT2D eigenvalue weighted by Gasteiger charge is 2.24. The van der Waals surface area contributed by atoms with E-state index < -0.39 is 0 Å². The molecule has 19 heavy (non-hydrogen) atoms. The monoisotopic (exact) mass is 264 g/mol. The third kappa shape index (κ3) is 4.26. The van der Waals surface area contributed by atoms with Gasteiger partial charge in [0.2, 0.25) is 5.91 Å². The van der Waals surface area contributed by atoms with Crippen molar-refractivity contribution in [2.75, 3.05) is 5.32 Å². The van der Waals surface area contributed by atoms with E-state index in [0.717, 1.165) is 17.7 Å². The van der Waals surface area contributed by atoms with E-state index in [-0.39, 0.29) is 5.91 Å². The maximum Gasteiger partial charge on any atom is 0.219 e. The van der Waals surface area contributed by atoms with Crippen LogP contribution in [-0.2, 0) is 11.3 Å². The Labute approximate surface area is 114 Å². The lowest BCUT2D eigenvalue weighted by molar-refractivity contribution is -0.118. The van der Waals surface area contributed by atoms with Gasteiger partial charge in [-0.3, -0.25) is 9.48 Å². The van der Waals surface area contributed by atoms with Crippen LogP contribution < -0.4 is 11.1 Å². The predicted octanol–water partition coefficient (Wildman–Crippen LogP) is 2.00. The van der Waals surface area contributed by atoms with Gasteiger partial charge in [0.05, 0.1) is 0 Å². The molecule has 0 aromatic carbocycles. The van der Waals surface area contributed by atoms with Crippen LogP contribution in [0.25, 0.3) is 0 Å². The molecule has 1 fully saturated rings. The zero-order valence-electron chi connectivity index (χ0n) is 11.8. The second-order valence-corrected chi connectivity index (χ2v) is 5.94. The molecule has 106 valence electrons. The number of hydrogen-bond acceptors (Lipinski definition) is 3. The first kappa shape index (κ1) is 13.9. The number of hydrogen-bond donors (Lipinski definition) is 2. The van der Waals surface area contributed by atoms with Crippen LogP contribution in [0.1, 0.15) is 39.5 Å². The fourth-order valence-electron chi connectivity index (χ4n) is 3.06. The van der Waals surface area contributed by atoms with Gasteiger partial charge in [0.25, 0.3) is 0 Å². The number of anilines is 1. The summed E-state index contributed by atoms with van der Waals surface area (Å²) in [6.07, 6.45) is 5.96. The maximum absolute atomic E-state index is 10.7. The highest BCUT2D eigenvalue weighted by Crippen LogP contribution is 2.30. The van der Waals surface area contributed by atoms with Crippen LogP contribution in [0.15, 0.2) is 12.3 Å². The van der Waals surface area contributed by atoms with E-state index in [1.54, 1.807) is 4.68 Å². The number of primary amides is 1. The first-order valence-electron chi connectivity index (χ1n) is 7.11. The Bertz CT molecular complexity index is 419. The van der Waals surface area contributed by atoms with E-state index in [1.165, 1.54) is 19.3 Å². The van der Waals surface area contributed by atoms with Crippen molar-refractivity contribution in [1.82, 2.24) is 9.78 Å².